The lowest BCUT2D eigenvalue weighted by Gasteiger charge is -2.14. The number of ether oxygens (including phenoxy) is 1. The third-order valence-electron chi connectivity index (χ3n) is 3.20. The van der Waals surface area contributed by atoms with Gasteiger partial charge in [-0.3, -0.25) is 4.90 Å². The molecule has 0 amide bonds. The van der Waals surface area contributed by atoms with Crippen molar-refractivity contribution in [2.75, 3.05) is 14.2 Å². The summed E-state index contributed by atoms with van der Waals surface area (Å²) in [6.07, 6.45) is 0. The molecule has 0 saturated carbocycles. The maximum atomic E-state index is 5.32. The maximum absolute atomic E-state index is 5.32. The summed E-state index contributed by atoms with van der Waals surface area (Å²) < 4.78 is 10.6. The van der Waals surface area contributed by atoms with Gasteiger partial charge in [-0.15, -0.1) is 11.3 Å². The predicted molar refractivity (Wildman–Crippen MR) is 85.8 cm³/mol. The Hall–Kier alpha value is -2.18. The highest BCUT2D eigenvalue weighted by Gasteiger charge is 2.11. The zero-order valence-corrected chi connectivity index (χ0v) is 13.3. The molecule has 0 aliphatic rings. The van der Waals surface area contributed by atoms with Gasteiger partial charge >= 0.3 is 0 Å². The number of methoxy groups -OCH3 is 1. The van der Waals surface area contributed by atoms with E-state index in [-0.39, 0.29) is 0 Å². The number of benzene rings is 1. The fraction of sp³-hybridized carbons (Fsp3) is 0.250. The Kier molecular flexibility index (Phi) is 4.50. The summed E-state index contributed by atoms with van der Waals surface area (Å²) in [7, 11) is 3.70. The lowest BCUT2D eigenvalue weighted by molar-refractivity contribution is 0.260. The second-order valence-electron chi connectivity index (χ2n) is 5.01. The minimum Gasteiger partial charge on any atom is -0.497 e. The van der Waals surface area contributed by atoms with Crippen LogP contribution >= 0.6 is 11.3 Å². The van der Waals surface area contributed by atoms with E-state index < -0.39 is 0 Å². The molecule has 22 heavy (non-hydrogen) atoms. The van der Waals surface area contributed by atoms with Gasteiger partial charge < -0.3 is 9.26 Å². The van der Waals surface area contributed by atoms with E-state index in [0.717, 1.165) is 17.2 Å². The summed E-state index contributed by atoms with van der Waals surface area (Å²) in [5, 5.41) is 6.02. The van der Waals surface area contributed by atoms with Crippen LogP contribution in [0.4, 0.5) is 0 Å². The topological polar surface area (TPSA) is 51.4 Å². The summed E-state index contributed by atoms with van der Waals surface area (Å²) in [5.74, 6) is 2.14. The molecular weight excluding hydrogens is 298 g/mol. The quantitative estimate of drug-likeness (QED) is 0.697. The van der Waals surface area contributed by atoms with Crippen LogP contribution in [0.5, 0.6) is 5.75 Å². The summed E-state index contributed by atoms with van der Waals surface area (Å²) in [6, 6.07) is 12.0. The molecule has 0 aliphatic carbocycles. The SMILES string of the molecule is COc1cccc(CN(C)Cc2nc(-c3cccs3)no2)c1. The second kappa shape index (κ2) is 6.72. The molecule has 0 unspecified atom stereocenters. The predicted octanol–water partition coefficient (Wildman–Crippen LogP) is 3.44. The Labute approximate surface area is 133 Å². The summed E-state index contributed by atoms with van der Waals surface area (Å²) in [6.45, 7) is 1.39. The number of nitrogens with zero attached hydrogens (tertiary/aromatic N) is 3. The van der Waals surface area contributed by atoms with Crippen molar-refractivity contribution in [3.63, 3.8) is 0 Å². The Morgan fingerprint density at radius 3 is 2.91 bits per heavy atom. The van der Waals surface area contributed by atoms with Gasteiger partial charge in [-0.25, -0.2) is 0 Å². The lowest BCUT2D eigenvalue weighted by atomic mass is 10.2. The van der Waals surface area contributed by atoms with Crippen molar-refractivity contribution in [1.29, 1.82) is 0 Å². The van der Waals surface area contributed by atoms with E-state index in [1.807, 2.05) is 42.8 Å². The van der Waals surface area contributed by atoms with E-state index in [4.69, 9.17) is 9.26 Å². The highest BCUT2D eigenvalue weighted by Crippen LogP contribution is 2.21. The molecule has 0 fully saturated rings. The minimum absolute atomic E-state index is 0.607. The third kappa shape index (κ3) is 3.52. The van der Waals surface area contributed by atoms with Gasteiger partial charge in [0.15, 0.2) is 0 Å². The monoisotopic (exact) mass is 315 g/mol. The minimum atomic E-state index is 0.607. The average Bonchev–Trinajstić information content (AvgIpc) is 3.18. The Balaban J connectivity index is 1.63. The number of hydrogen-bond donors (Lipinski definition) is 0. The molecule has 5 nitrogen and oxygen atoms in total. The molecule has 0 N–H and O–H groups in total. The Morgan fingerprint density at radius 1 is 1.23 bits per heavy atom. The molecule has 0 atom stereocenters. The van der Waals surface area contributed by atoms with Gasteiger partial charge in [0.05, 0.1) is 18.5 Å². The van der Waals surface area contributed by atoms with Crippen LogP contribution < -0.4 is 4.74 Å². The molecule has 0 spiro atoms. The molecule has 3 rings (SSSR count). The van der Waals surface area contributed by atoms with Crippen LogP contribution in [0.25, 0.3) is 10.7 Å². The van der Waals surface area contributed by atoms with Crippen molar-refractivity contribution in [1.82, 2.24) is 15.0 Å². The molecule has 114 valence electrons. The number of rotatable bonds is 6. The van der Waals surface area contributed by atoms with Crippen molar-refractivity contribution in [2.24, 2.45) is 0 Å². The summed E-state index contributed by atoms with van der Waals surface area (Å²) in [5.41, 5.74) is 1.18. The highest BCUT2D eigenvalue weighted by molar-refractivity contribution is 7.13. The van der Waals surface area contributed by atoms with Crippen LogP contribution in [-0.2, 0) is 13.1 Å². The van der Waals surface area contributed by atoms with Crippen molar-refractivity contribution in [2.45, 2.75) is 13.1 Å². The van der Waals surface area contributed by atoms with Gasteiger partial charge in [-0.1, -0.05) is 23.4 Å². The van der Waals surface area contributed by atoms with Crippen molar-refractivity contribution in [3.05, 3.63) is 53.2 Å². The number of hydrogen-bond acceptors (Lipinski definition) is 6. The molecule has 3 aromatic rings. The van der Waals surface area contributed by atoms with Gasteiger partial charge in [-0.2, -0.15) is 4.98 Å². The maximum Gasteiger partial charge on any atom is 0.241 e. The van der Waals surface area contributed by atoms with E-state index in [9.17, 15) is 0 Å². The average molecular weight is 315 g/mol. The van der Waals surface area contributed by atoms with Crippen LogP contribution in [-0.4, -0.2) is 29.2 Å². The van der Waals surface area contributed by atoms with Crippen LogP contribution in [0.1, 0.15) is 11.5 Å². The molecular formula is C16H17N3O2S. The Bertz CT molecular complexity index is 725. The van der Waals surface area contributed by atoms with Gasteiger partial charge in [0.2, 0.25) is 11.7 Å². The van der Waals surface area contributed by atoms with E-state index in [1.165, 1.54) is 5.56 Å². The molecule has 0 radical (unpaired) electrons. The first-order valence-corrected chi connectivity index (χ1v) is 7.80. The van der Waals surface area contributed by atoms with Crippen LogP contribution in [0.3, 0.4) is 0 Å². The molecule has 0 aliphatic heterocycles. The first kappa shape index (κ1) is 14.7. The zero-order chi connectivity index (χ0) is 15.4. The van der Waals surface area contributed by atoms with E-state index in [2.05, 4.69) is 21.1 Å². The summed E-state index contributed by atoms with van der Waals surface area (Å²) >= 11 is 1.60. The number of thiophene rings is 1. The molecule has 1 aromatic carbocycles. The fourth-order valence-electron chi connectivity index (χ4n) is 2.19. The Morgan fingerprint density at radius 2 is 2.14 bits per heavy atom. The fourth-order valence-corrected chi connectivity index (χ4v) is 2.84. The molecule has 2 heterocycles. The third-order valence-corrected chi connectivity index (χ3v) is 4.07. The van der Waals surface area contributed by atoms with E-state index in [1.54, 1.807) is 18.4 Å². The smallest absolute Gasteiger partial charge is 0.241 e. The van der Waals surface area contributed by atoms with Crippen molar-refractivity contribution in [3.8, 4) is 16.5 Å². The van der Waals surface area contributed by atoms with Gasteiger partial charge in [-0.05, 0) is 36.2 Å². The van der Waals surface area contributed by atoms with Crippen molar-refractivity contribution < 1.29 is 9.26 Å². The van der Waals surface area contributed by atoms with Crippen LogP contribution in [0.2, 0.25) is 0 Å². The van der Waals surface area contributed by atoms with E-state index in [0.29, 0.717) is 18.3 Å². The lowest BCUT2D eigenvalue weighted by Crippen LogP contribution is -2.17. The number of aromatic nitrogens is 2. The largest absolute Gasteiger partial charge is 0.497 e. The van der Waals surface area contributed by atoms with Gasteiger partial charge in [0.25, 0.3) is 0 Å². The van der Waals surface area contributed by atoms with Crippen molar-refractivity contribution >= 4 is 11.3 Å². The van der Waals surface area contributed by atoms with Gasteiger partial charge in [0.1, 0.15) is 5.75 Å². The second-order valence-corrected chi connectivity index (χ2v) is 5.96. The zero-order valence-electron chi connectivity index (χ0n) is 12.5. The standard InChI is InChI=1S/C16H17N3O2S/c1-19(10-12-5-3-6-13(9-12)20-2)11-15-17-16(18-21-15)14-7-4-8-22-14/h3-9H,10-11H2,1-2H3. The molecule has 0 bridgehead atoms. The molecule has 0 saturated heterocycles. The molecule has 2 aromatic heterocycles. The first-order chi connectivity index (χ1) is 10.7. The van der Waals surface area contributed by atoms with E-state index >= 15 is 0 Å². The molecule has 6 heteroatoms. The van der Waals surface area contributed by atoms with Crippen LogP contribution in [0, 0.1) is 0 Å². The normalized spacial score (nSPS) is 11.0. The summed E-state index contributed by atoms with van der Waals surface area (Å²) in [4.78, 5) is 7.58. The first-order valence-electron chi connectivity index (χ1n) is 6.92. The van der Waals surface area contributed by atoms with Crippen LogP contribution in [0.15, 0.2) is 46.3 Å². The van der Waals surface area contributed by atoms with Gasteiger partial charge in [0, 0.05) is 6.54 Å². The highest BCUT2D eigenvalue weighted by atomic mass is 32.1.